The molecule has 2 aromatic heterocycles. The van der Waals surface area contributed by atoms with Crippen LogP contribution in [0.3, 0.4) is 0 Å². The second kappa shape index (κ2) is 11.8. The lowest BCUT2D eigenvalue weighted by Crippen LogP contribution is -2.36. The standard InChI is InChI=1S/C24H34N6O3.H2S/c1-16(2)22(32)21(31)7-5-4-6-10-25-23-24-28-27-17(3)30(24)20-9-8-18(15-19(20)26-23)29-11-13-33-14-12-29;/h8-9,15-16,22,32H,4-7,10-14H2,1-3H3,(H,25,26);1H2/t22-;/m0./s1. The Morgan fingerprint density at radius 2 is 1.94 bits per heavy atom. The number of Topliss-reactive ketones (excluding diaryl/α,β-unsaturated/α-hetero) is 1. The highest BCUT2D eigenvalue weighted by Gasteiger charge is 2.18. The van der Waals surface area contributed by atoms with Crippen molar-refractivity contribution in [1.82, 2.24) is 19.6 Å². The van der Waals surface area contributed by atoms with Crippen molar-refractivity contribution in [2.75, 3.05) is 43.1 Å². The number of aliphatic hydroxyl groups is 1. The molecule has 0 spiro atoms. The number of carbonyl (C=O) groups excluding carboxylic acids is 1. The highest BCUT2D eigenvalue weighted by Crippen LogP contribution is 2.26. The number of unbranched alkanes of at least 4 members (excludes halogenated alkanes) is 2. The van der Waals surface area contributed by atoms with Gasteiger partial charge in [-0.05, 0) is 43.9 Å². The first-order valence-electron chi connectivity index (χ1n) is 11.9. The minimum absolute atomic E-state index is 0. The van der Waals surface area contributed by atoms with Gasteiger partial charge in [-0.15, -0.1) is 10.2 Å². The van der Waals surface area contributed by atoms with Crippen molar-refractivity contribution in [2.45, 2.75) is 52.6 Å². The van der Waals surface area contributed by atoms with E-state index in [2.05, 4.69) is 38.6 Å². The third-order valence-electron chi connectivity index (χ3n) is 6.20. The molecule has 0 saturated carbocycles. The Labute approximate surface area is 207 Å². The lowest BCUT2D eigenvalue weighted by molar-refractivity contribution is -0.129. The molecule has 1 fully saturated rings. The van der Waals surface area contributed by atoms with Gasteiger partial charge in [-0.3, -0.25) is 9.20 Å². The Morgan fingerprint density at radius 3 is 2.68 bits per heavy atom. The summed E-state index contributed by atoms with van der Waals surface area (Å²) < 4.78 is 7.52. The number of hydrogen-bond acceptors (Lipinski definition) is 8. The third kappa shape index (κ3) is 5.79. The van der Waals surface area contributed by atoms with Crippen LogP contribution < -0.4 is 10.2 Å². The van der Waals surface area contributed by atoms with Gasteiger partial charge in [-0.1, -0.05) is 20.3 Å². The van der Waals surface area contributed by atoms with Crippen LogP contribution in [0.5, 0.6) is 0 Å². The largest absolute Gasteiger partial charge is 0.385 e. The molecule has 34 heavy (non-hydrogen) atoms. The van der Waals surface area contributed by atoms with Crippen LogP contribution in [-0.4, -0.2) is 69.4 Å². The fourth-order valence-electron chi connectivity index (χ4n) is 4.23. The summed E-state index contributed by atoms with van der Waals surface area (Å²) in [4.78, 5) is 19.1. The van der Waals surface area contributed by atoms with Crippen LogP contribution in [0.2, 0.25) is 0 Å². The van der Waals surface area contributed by atoms with Gasteiger partial charge in [-0.2, -0.15) is 13.5 Å². The SMILES string of the molecule is Cc1nnc2c(NCCCCCC(=O)[C@@H](O)C(C)C)nc3cc(N4CCOCC4)ccc3n12.S. The monoisotopic (exact) mass is 488 g/mol. The average molecular weight is 489 g/mol. The number of hydrogen-bond donors (Lipinski definition) is 2. The van der Waals surface area contributed by atoms with Crippen molar-refractivity contribution in [1.29, 1.82) is 0 Å². The van der Waals surface area contributed by atoms with Gasteiger partial charge in [-0.25, -0.2) is 4.98 Å². The Hall–Kier alpha value is -2.43. The van der Waals surface area contributed by atoms with E-state index in [0.29, 0.717) is 17.9 Å². The second-order valence-corrected chi connectivity index (χ2v) is 9.03. The summed E-state index contributed by atoms with van der Waals surface area (Å²) in [5.74, 6) is 1.44. The number of benzene rings is 1. The van der Waals surface area contributed by atoms with Crippen LogP contribution in [0.25, 0.3) is 16.7 Å². The number of aromatic nitrogens is 4. The summed E-state index contributed by atoms with van der Waals surface area (Å²) in [5, 5.41) is 21.9. The van der Waals surface area contributed by atoms with Crippen molar-refractivity contribution < 1.29 is 14.6 Å². The van der Waals surface area contributed by atoms with E-state index in [1.54, 1.807) is 0 Å². The number of nitrogens with zero attached hydrogens (tertiary/aromatic N) is 5. The molecule has 3 heterocycles. The highest BCUT2D eigenvalue weighted by atomic mass is 32.1. The fraction of sp³-hybridized carbons (Fsp3) is 0.583. The molecular weight excluding hydrogens is 452 g/mol. The van der Waals surface area contributed by atoms with Gasteiger partial charge >= 0.3 is 0 Å². The molecule has 1 saturated heterocycles. The van der Waals surface area contributed by atoms with E-state index in [1.165, 1.54) is 0 Å². The van der Waals surface area contributed by atoms with Crippen molar-refractivity contribution in [3.63, 3.8) is 0 Å². The van der Waals surface area contributed by atoms with E-state index in [0.717, 1.165) is 74.7 Å². The first-order valence-corrected chi connectivity index (χ1v) is 11.9. The minimum Gasteiger partial charge on any atom is -0.385 e. The molecule has 4 rings (SSSR count). The van der Waals surface area contributed by atoms with Crippen LogP contribution in [0.1, 0.15) is 45.4 Å². The van der Waals surface area contributed by atoms with Gasteiger partial charge in [0.05, 0.1) is 24.2 Å². The van der Waals surface area contributed by atoms with Gasteiger partial charge in [0, 0.05) is 31.7 Å². The molecule has 9 nitrogen and oxygen atoms in total. The van der Waals surface area contributed by atoms with Crippen LogP contribution in [0.4, 0.5) is 11.5 Å². The normalized spacial score (nSPS) is 15.0. The summed E-state index contributed by atoms with van der Waals surface area (Å²) in [7, 11) is 0. The van der Waals surface area contributed by atoms with Crippen molar-refractivity contribution in [2.24, 2.45) is 5.92 Å². The van der Waals surface area contributed by atoms with Crippen molar-refractivity contribution in [3.8, 4) is 0 Å². The van der Waals surface area contributed by atoms with Crippen LogP contribution in [0, 0.1) is 12.8 Å². The molecule has 1 aromatic carbocycles. The number of fused-ring (bicyclic) bond motifs is 3. The Bertz CT molecular complexity index is 1110. The summed E-state index contributed by atoms with van der Waals surface area (Å²) in [5.41, 5.74) is 3.74. The zero-order valence-corrected chi connectivity index (χ0v) is 21.3. The van der Waals surface area contributed by atoms with Gasteiger partial charge in [0.25, 0.3) is 0 Å². The molecule has 0 amide bonds. The Balaban J connectivity index is 0.00000324. The summed E-state index contributed by atoms with van der Waals surface area (Å²) >= 11 is 0. The molecule has 3 aromatic rings. The maximum atomic E-state index is 11.9. The van der Waals surface area contributed by atoms with E-state index in [-0.39, 0.29) is 25.2 Å². The van der Waals surface area contributed by atoms with E-state index < -0.39 is 6.10 Å². The third-order valence-corrected chi connectivity index (χ3v) is 6.20. The maximum absolute atomic E-state index is 11.9. The molecule has 0 bridgehead atoms. The number of rotatable bonds is 10. The number of ketones is 1. The van der Waals surface area contributed by atoms with Crippen LogP contribution in [-0.2, 0) is 9.53 Å². The first kappa shape index (κ1) is 26.2. The molecule has 2 N–H and O–H groups in total. The molecule has 0 aliphatic carbocycles. The quantitative estimate of drug-likeness (QED) is 0.420. The van der Waals surface area contributed by atoms with Crippen LogP contribution in [0.15, 0.2) is 18.2 Å². The Morgan fingerprint density at radius 1 is 1.18 bits per heavy atom. The number of morpholine rings is 1. The average Bonchev–Trinajstić information content (AvgIpc) is 3.22. The molecule has 0 radical (unpaired) electrons. The van der Waals surface area contributed by atoms with Gasteiger partial charge < -0.3 is 20.1 Å². The van der Waals surface area contributed by atoms with Gasteiger partial charge in [0.1, 0.15) is 11.9 Å². The minimum atomic E-state index is -0.850. The predicted molar refractivity (Wildman–Crippen MR) is 139 cm³/mol. The smallest absolute Gasteiger partial charge is 0.204 e. The van der Waals surface area contributed by atoms with Crippen molar-refractivity contribution in [3.05, 3.63) is 24.0 Å². The second-order valence-electron chi connectivity index (χ2n) is 9.03. The molecule has 1 atom stereocenters. The molecule has 10 heteroatoms. The number of ether oxygens (including phenoxy) is 1. The first-order chi connectivity index (χ1) is 16.0. The lowest BCUT2D eigenvalue weighted by Gasteiger charge is -2.29. The molecule has 0 unspecified atom stereocenters. The zero-order chi connectivity index (χ0) is 23.4. The molecule has 1 aliphatic heterocycles. The molecule has 186 valence electrons. The number of nitrogens with one attached hydrogen (secondary N) is 1. The number of aliphatic hydroxyl groups excluding tert-OH is 1. The highest BCUT2D eigenvalue weighted by molar-refractivity contribution is 7.59. The number of aryl methyl sites for hydroxylation is 1. The summed E-state index contributed by atoms with van der Waals surface area (Å²) in [6, 6.07) is 6.33. The van der Waals surface area contributed by atoms with E-state index in [4.69, 9.17) is 9.72 Å². The number of anilines is 2. The summed E-state index contributed by atoms with van der Waals surface area (Å²) in [6.45, 7) is 9.63. The maximum Gasteiger partial charge on any atom is 0.204 e. The van der Waals surface area contributed by atoms with Gasteiger partial charge in [0.2, 0.25) is 5.65 Å². The zero-order valence-electron chi connectivity index (χ0n) is 20.3. The van der Waals surface area contributed by atoms with Gasteiger partial charge in [0.15, 0.2) is 11.6 Å². The molecule has 1 aliphatic rings. The topological polar surface area (TPSA) is 105 Å². The lowest BCUT2D eigenvalue weighted by atomic mass is 9.99. The predicted octanol–water partition coefficient (Wildman–Crippen LogP) is 3.09. The van der Waals surface area contributed by atoms with E-state index in [9.17, 15) is 9.90 Å². The number of carbonyl (C=O) groups is 1. The molecular formula is C24H36N6O3S. The van der Waals surface area contributed by atoms with Crippen LogP contribution >= 0.6 is 13.5 Å². The van der Waals surface area contributed by atoms with E-state index >= 15 is 0 Å². The Kier molecular flexibility index (Phi) is 9.10. The van der Waals surface area contributed by atoms with E-state index in [1.807, 2.05) is 25.2 Å². The fourth-order valence-corrected chi connectivity index (χ4v) is 4.23. The van der Waals surface area contributed by atoms with Crippen molar-refractivity contribution >= 4 is 47.5 Å². The summed E-state index contributed by atoms with van der Waals surface area (Å²) in [6.07, 6.45) is 2.15.